The summed E-state index contributed by atoms with van der Waals surface area (Å²) in [6.07, 6.45) is 1.72. The van der Waals surface area contributed by atoms with Gasteiger partial charge in [0.1, 0.15) is 5.60 Å². The van der Waals surface area contributed by atoms with Crippen LogP contribution in [0.1, 0.15) is 59.3 Å². The van der Waals surface area contributed by atoms with Crippen LogP contribution < -0.4 is 0 Å². The molecule has 0 unspecified atom stereocenters. The van der Waals surface area contributed by atoms with Crippen LogP contribution in [0.3, 0.4) is 0 Å². The van der Waals surface area contributed by atoms with Gasteiger partial charge in [-0.25, -0.2) is 0 Å². The van der Waals surface area contributed by atoms with Gasteiger partial charge in [-0.3, -0.25) is 4.79 Å². The minimum absolute atomic E-state index is 0.261. The molecule has 4 aliphatic rings. The van der Waals surface area contributed by atoms with Crippen molar-refractivity contribution in [2.45, 2.75) is 81.7 Å². The van der Waals surface area contributed by atoms with Gasteiger partial charge < -0.3 is 20.1 Å². The Balaban J connectivity index is 1.93. The van der Waals surface area contributed by atoms with E-state index in [1.165, 1.54) is 0 Å². The summed E-state index contributed by atoms with van der Waals surface area (Å²) < 4.78 is 5.69. The Morgan fingerprint density at radius 2 is 1.20 bits per heavy atom. The molecule has 0 atom stereocenters. The fraction of sp³-hybridized carbons (Fsp3) is 0.933. The van der Waals surface area contributed by atoms with E-state index in [9.17, 15) is 20.1 Å². The Kier molecular flexibility index (Phi) is 2.55. The van der Waals surface area contributed by atoms with Gasteiger partial charge >= 0.3 is 5.97 Å². The number of hydrogen-bond acceptors (Lipinski definition) is 5. The highest BCUT2D eigenvalue weighted by Gasteiger charge is 2.69. The molecule has 0 aromatic carbocycles. The molecule has 5 heteroatoms. The van der Waals surface area contributed by atoms with E-state index in [1.54, 1.807) is 20.8 Å². The van der Waals surface area contributed by atoms with Gasteiger partial charge in [0.15, 0.2) is 0 Å². The number of carbonyl (C=O) groups is 1. The lowest BCUT2D eigenvalue weighted by molar-refractivity contribution is -0.302. The summed E-state index contributed by atoms with van der Waals surface area (Å²) in [4.78, 5) is 12.2. The van der Waals surface area contributed by atoms with Gasteiger partial charge in [0.25, 0.3) is 0 Å². The highest BCUT2D eigenvalue weighted by atomic mass is 16.6. The molecule has 0 aromatic heterocycles. The molecule has 4 saturated carbocycles. The average Bonchev–Trinajstić information content (AvgIpc) is 2.05. The van der Waals surface area contributed by atoms with Crippen LogP contribution in [0.2, 0.25) is 0 Å². The lowest BCUT2D eigenvalue weighted by Crippen LogP contribution is -2.72. The third-order valence-electron chi connectivity index (χ3n) is 4.85. The summed E-state index contributed by atoms with van der Waals surface area (Å²) >= 11 is 0. The number of rotatable bonds is 1. The zero-order valence-electron chi connectivity index (χ0n) is 12.4. The van der Waals surface area contributed by atoms with Crippen molar-refractivity contribution < 1.29 is 24.9 Å². The molecule has 4 rings (SSSR count). The fourth-order valence-electron chi connectivity index (χ4n) is 4.84. The van der Waals surface area contributed by atoms with Gasteiger partial charge in [0.05, 0.1) is 22.2 Å². The topological polar surface area (TPSA) is 87.0 Å². The van der Waals surface area contributed by atoms with Gasteiger partial charge in [0, 0.05) is 38.5 Å². The lowest BCUT2D eigenvalue weighted by Gasteiger charge is -2.65. The second-order valence-corrected chi connectivity index (χ2v) is 8.56. The lowest BCUT2D eigenvalue weighted by atomic mass is 9.48. The number of carbonyl (C=O) groups excluding carboxylic acids is 1. The molecule has 0 aromatic rings. The van der Waals surface area contributed by atoms with Crippen molar-refractivity contribution in [3.05, 3.63) is 0 Å². The van der Waals surface area contributed by atoms with Gasteiger partial charge in [-0.05, 0) is 20.8 Å². The first-order valence-electron chi connectivity index (χ1n) is 7.28. The number of ether oxygens (including phenoxy) is 1. The van der Waals surface area contributed by atoms with Crippen LogP contribution in [0.25, 0.3) is 0 Å². The molecule has 0 aliphatic heterocycles. The highest BCUT2D eigenvalue weighted by Crippen LogP contribution is 2.62. The maximum absolute atomic E-state index is 12.2. The molecule has 114 valence electrons. The van der Waals surface area contributed by atoms with E-state index < -0.39 is 27.8 Å². The first kappa shape index (κ1) is 14.3. The predicted molar refractivity (Wildman–Crippen MR) is 70.8 cm³/mol. The number of hydrogen-bond donors (Lipinski definition) is 3. The quantitative estimate of drug-likeness (QED) is 0.622. The molecule has 0 amide bonds. The summed E-state index contributed by atoms with van der Waals surface area (Å²) in [6, 6.07) is 0. The molecule has 0 spiro atoms. The normalized spacial score (nSPS) is 50.3. The number of aliphatic hydroxyl groups is 3. The molecule has 4 fully saturated rings. The van der Waals surface area contributed by atoms with Crippen molar-refractivity contribution in [1.29, 1.82) is 0 Å². The van der Waals surface area contributed by atoms with E-state index in [2.05, 4.69) is 0 Å². The summed E-state index contributed by atoms with van der Waals surface area (Å²) in [6.45, 7) is 5.32. The Bertz CT molecular complexity index is 410. The standard InChI is InChI=1S/C15H24O5/c1-11(2,3)10(16)20-15-7-12(17)4-13(18,8-15)6-14(19,5-12)9-15/h17-19H,4-9H2,1-3H3. The van der Waals surface area contributed by atoms with Gasteiger partial charge in [-0.1, -0.05) is 0 Å². The van der Waals surface area contributed by atoms with Crippen LogP contribution in [-0.4, -0.2) is 43.7 Å². The minimum Gasteiger partial charge on any atom is -0.458 e. The first-order valence-corrected chi connectivity index (χ1v) is 7.28. The molecule has 0 heterocycles. The van der Waals surface area contributed by atoms with E-state index >= 15 is 0 Å². The third kappa shape index (κ3) is 2.16. The van der Waals surface area contributed by atoms with Crippen molar-refractivity contribution in [2.75, 3.05) is 0 Å². The van der Waals surface area contributed by atoms with Gasteiger partial charge in [-0.2, -0.15) is 0 Å². The maximum Gasteiger partial charge on any atom is 0.311 e. The maximum atomic E-state index is 12.2. The van der Waals surface area contributed by atoms with Crippen molar-refractivity contribution >= 4 is 5.97 Å². The second-order valence-electron chi connectivity index (χ2n) is 8.56. The Labute approximate surface area is 118 Å². The van der Waals surface area contributed by atoms with Crippen LogP contribution >= 0.6 is 0 Å². The number of esters is 1. The Morgan fingerprint density at radius 3 is 1.50 bits per heavy atom. The Morgan fingerprint density at radius 1 is 0.850 bits per heavy atom. The molecule has 0 saturated heterocycles. The molecular formula is C15H24O5. The smallest absolute Gasteiger partial charge is 0.311 e. The zero-order valence-corrected chi connectivity index (χ0v) is 12.4. The van der Waals surface area contributed by atoms with Gasteiger partial charge in [0.2, 0.25) is 0 Å². The molecule has 20 heavy (non-hydrogen) atoms. The zero-order chi connectivity index (χ0) is 15.0. The molecule has 4 bridgehead atoms. The molecule has 4 aliphatic carbocycles. The van der Waals surface area contributed by atoms with Gasteiger partial charge in [-0.15, -0.1) is 0 Å². The van der Waals surface area contributed by atoms with Crippen LogP contribution in [0.5, 0.6) is 0 Å². The second kappa shape index (κ2) is 3.57. The van der Waals surface area contributed by atoms with Crippen LogP contribution in [0.4, 0.5) is 0 Å². The van der Waals surface area contributed by atoms with Crippen LogP contribution in [0.15, 0.2) is 0 Å². The van der Waals surface area contributed by atoms with E-state index in [0.717, 1.165) is 0 Å². The summed E-state index contributed by atoms with van der Waals surface area (Å²) in [7, 11) is 0. The van der Waals surface area contributed by atoms with Crippen LogP contribution in [-0.2, 0) is 9.53 Å². The van der Waals surface area contributed by atoms with E-state index in [1.807, 2.05) is 0 Å². The van der Waals surface area contributed by atoms with E-state index in [4.69, 9.17) is 4.74 Å². The third-order valence-corrected chi connectivity index (χ3v) is 4.85. The first-order chi connectivity index (χ1) is 8.87. The summed E-state index contributed by atoms with van der Waals surface area (Å²) in [5, 5.41) is 31.8. The van der Waals surface area contributed by atoms with Crippen molar-refractivity contribution in [2.24, 2.45) is 5.41 Å². The Hall–Kier alpha value is -0.650. The van der Waals surface area contributed by atoms with E-state index in [-0.39, 0.29) is 25.2 Å². The van der Waals surface area contributed by atoms with E-state index in [0.29, 0.717) is 19.3 Å². The fourth-order valence-corrected chi connectivity index (χ4v) is 4.84. The molecule has 3 N–H and O–H groups in total. The van der Waals surface area contributed by atoms with Crippen molar-refractivity contribution in [1.82, 2.24) is 0 Å². The molecular weight excluding hydrogens is 260 g/mol. The SMILES string of the molecule is CC(C)(C)C(=O)OC12CC3(O)CC(O)(CC(O)(C3)C1)C2. The van der Waals surface area contributed by atoms with Crippen LogP contribution in [0, 0.1) is 5.41 Å². The monoisotopic (exact) mass is 284 g/mol. The highest BCUT2D eigenvalue weighted by molar-refractivity contribution is 5.76. The van der Waals surface area contributed by atoms with Crippen molar-refractivity contribution in [3.63, 3.8) is 0 Å². The summed E-state index contributed by atoms with van der Waals surface area (Å²) in [5.74, 6) is -0.352. The largest absolute Gasteiger partial charge is 0.458 e. The molecule has 5 nitrogen and oxygen atoms in total. The minimum atomic E-state index is -1.13. The predicted octanol–water partition coefficient (Wildman–Crippen LogP) is 0.889. The average molecular weight is 284 g/mol. The summed E-state index contributed by atoms with van der Waals surface area (Å²) in [5.41, 5.74) is -4.96. The molecule has 0 radical (unpaired) electrons. The van der Waals surface area contributed by atoms with Crippen molar-refractivity contribution in [3.8, 4) is 0 Å².